The maximum Gasteiger partial charge on any atom is 0.280 e. The number of carbonyl (C=O) groups is 2. The molecule has 0 radical (unpaired) electrons. The molecule has 0 unspecified atom stereocenters. The van der Waals surface area contributed by atoms with E-state index in [1.165, 1.54) is 12.1 Å². The summed E-state index contributed by atoms with van der Waals surface area (Å²) in [5, 5.41) is -0.878. The second-order valence-corrected chi connectivity index (χ2v) is 6.59. The smallest absolute Gasteiger partial charge is 0.280 e. The molecule has 0 bridgehead atoms. The Kier molecular flexibility index (Phi) is 3.33. The third kappa shape index (κ3) is 2.47. The van der Waals surface area contributed by atoms with Crippen LogP contribution in [-0.2, 0) is 14.6 Å². The zero-order valence-corrected chi connectivity index (χ0v) is 11.1. The summed E-state index contributed by atoms with van der Waals surface area (Å²) >= 11 is 1.11. The van der Waals surface area contributed by atoms with Crippen LogP contribution in [0.4, 0.5) is 0 Å². The van der Waals surface area contributed by atoms with Crippen LogP contribution in [0.15, 0.2) is 33.0 Å². The summed E-state index contributed by atoms with van der Waals surface area (Å²) in [4.78, 5) is 26.5. The Morgan fingerprint density at radius 3 is 2.63 bits per heavy atom. The minimum Gasteiger partial charge on any atom is -0.370 e. The number of sulfone groups is 1. The lowest BCUT2D eigenvalue weighted by Gasteiger charge is -2.14. The van der Waals surface area contributed by atoms with Gasteiger partial charge in [-0.2, -0.15) is 4.99 Å². The third-order valence-electron chi connectivity index (χ3n) is 2.36. The van der Waals surface area contributed by atoms with E-state index in [4.69, 9.17) is 11.5 Å². The predicted molar refractivity (Wildman–Crippen MR) is 69.5 cm³/mol. The van der Waals surface area contributed by atoms with Gasteiger partial charge in [0.1, 0.15) is 0 Å². The van der Waals surface area contributed by atoms with Crippen molar-refractivity contribution in [1.29, 1.82) is 0 Å². The number of rotatable bonds is 1. The van der Waals surface area contributed by atoms with Crippen molar-refractivity contribution in [2.24, 2.45) is 16.5 Å². The molecule has 19 heavy (non-hydrogen) atoms. The van der Waals surface area contributed by atoms with Crippen molar-refractivity contribution < 1.29 is 18.0 Å². The monoisotopic (exact) mass is 299 g/mol. The van der Waals surface area contributed by atoms with Crippen molar-refractivity contribution >= 4 is 38.6 Å². The number of guanidine groups is 1. The Hall–Kier alpha value is -1.87. The van der Waals surface area contributed by atoms with Gasteiger partial charge < -0.3 is 11.5 Å². The highest BCUT2D eigenvalue weighted by molar-refractivity contribution is 8.12. The van der Waals surface area contributed by atoms with Crippen molar-refractivity contribution in [3.8, 4) is 0 Å². The Morgan fingerprint density at radius 2 is 2.00 bits per heavy atom. The highest BCUT2D eigenvalue weighted by atomic mass is 32.2. The molecule has 1 aromatic carbocycles. The number of thioether (sulfide) groups is 1. The van der Waals surface area contributed by atoms with Crippen LogP contribution < -0.4 is 11.5 Å². The van der Waals surface area contributed by atoms with Crippen molar-refractivity contribution in [2.75, 3.05) is 5.75 Å². The van der Waals surface area contributed by atoms with Crippen molar-refractivity contribution in [3.05, 3.63) is 23.8 Å². The quantitative estimate of drug-likeness (QED) is 0.528. The number of amides is 1. The fraction of sp³-hybridized carbons (Fsp3) is 0.100. The molecule has 0 aromatic heterocycles. The number of hydrogen-bond acceptors (Lipinski definition) is 5. The molecule has 0 saturated carbocycles. The van der Waals surface area contributed by atoms with Gasteiger partial charge in [0.25, 0.3) is 11.0 Å². The van der Waals surface area contributed by atoms with E-state index >= 15 is 0 Å². The second kappa shape index (κ2) is 4.67. The van der Waals surface area contributed by atoms with Gasteiger partial charge in [-0.05, 0) is 18.2 Å². The molecule has 0 fully saturated rings. The number of nitrogens with zero attached hydrogens (tertiary/aromatic N) is 1. The first-order valence-corrected chi connectivity index (χ1v) is 7.48. The lowest BCUT2D eigenvalue weighted by molar-refractivity contribution is -0.109. The molecule has 1 aromatic rings. The minimum atomic E-state index is -4.03. The van der Waals surface area contributed by atoms with Gasteiger partial charge in [0, 0.05) is 10.5 Å². The summed E-state index contributed by atoms with van der Waals surface area (Å²) in [7, 11) is -4.03. The van der Waals surface area contributed by atoms with Crippen LogP contribution in [-0.4, -0.2) is 31.2 Å². The number of aliphatic imine (C=N–C) groups is 1. The van der Waals surface area contributed by atoms with Crippen molar-refractivity contribution in [3.63, 3.8) is 0 Å². The van der Waals surface area contributed by atoms with Gasteiger partial charge in [-0.15, -0.1) is 11.8 Å². The first kappa shape index (κ1) is 13.6. The fourth-order valence-electron chi connectivity index (χ4n) is 1.49. The summed E-state index contributed by atoms with van der Waals surface area (Å²) in [5.74, 6) is -1.31. The molecule has 1 heterocycles. The van der Waals surface area contributed by atoms with E-state index < -0.39 is 26.8 Å². The van der Waals surface area contributed by atoms with E-state index in [0.717, 1.165) is 17.8 Å². The topological polar surface area (TPSA) is 133 Å². The summed E-state index contributed by atoms with van der Waals surface area (Å²) < 4.78 is 23.7. The minimum absolute atomic E-state index is 0.00558. The van der Waals surface area contributed by atoms with Crippen LogP contribution in [0.3, 0.4) is 0 Å². The zero-order chi connectivity index (χ0) is 14.2. The number of hydrogen-bond donors (Lipinski definition) is 2. The van der Waals surface area contributed by atoms with E-state index in [1.807, 2.05) is 0 Å². The molecule has 100 valence electrons. The molecule has 7 nitrogen and oxygen atoms in total. The first-order valence-electron chi connectivity index (χ1n) is 5.01. The van der Waals surface area contributed by atoms with Gasteiger partial charge in [-0.25, -0.2) is 8.42 Å². The van der Waals surface area contributed by atoms with Gasteiger partial charge in [-0.1, -0.05) is 0 Å². The maximum absolute atomic E-state index is 11.8. The largest absolute Gasteiger partial charge is 0.370 e. The van der Waals surface area contributed by atoms with E-state index in [-0.39, 0.29) is 16.2 Å². The highest BCUT2D eigenvalue weighted by Crippen LogP contribution is 2.34. The van der Waals surface area contributed by atoms with E-state index in [2.05, 4.69) is 4.99 Å². The van der Waals surface area contributed by atoms with Crippen LogP contribution >= 0.6 is 11.8 Å². The summed E-state index contributed by atoms with van der Waals surface area (Å²) in [5.41, 5.74) is 10.2. The molecule has 2 rings (SSSR count). The van der Waals surface area contributed by atoms with Crippen LogP contribution in [0, 0.1) is 0 Å². The van der Waals surface area contributed by atoms with E-state index in [1.54, 1.807) is 0 Å². The van der Waals surface area contributed by atoms with Crippen LogP contribution in [0.1, 0.15) is 10.4 Å². The molecule has 4 N–H and O–H groups in total. The highest BCUT2D eigenvalue weighted by Gasteiger charge is 2.33. The number of fused-ring (bicyclic) bond motifs is 1. The lowest BCUT2D eigenvalue weighted by Crippen LogP contribution is -2.24. The van der Waals surface area contributed by atoms with E-state index in [0.29, 0.717) is 4.90 Å². The average molecular weight is 299 g/mol. The normalized spacial score (nSPS) is 16.5. The number of carbonyl (C=O) groups excluding carboxylic acids is 2. The molecule has 0 saturated heterocycles. The standard InChI is InChI=1S/C10H9N3O4S2/c11-10(12)13-9(15)5-1-2-6-7(3-5)19(16,17)8(14)4-18-6/h1-3H,4H2,(H4,11,12,13,15). The molecule has 0 spiro atoms. The van der Waals surface area contributed by atoms with Gasteiger partial charge in [0.15, 0.2) is 5.96 Å². The lowest BCUT2D eigenvalue weighted by atomic mass is 10.2. The summed E-state index contributed by atoms with van der Waals surface area (Å²) in [6.45, 7) is 0. The summed E-state index contributed by atoms with van der Waals surface area (Å²) in [6.07, 6.45) is 0. The fourth-order valence-corrected chi connectivity index (χ4v) is 4.29. The molecule has 1 amide bonds. The molecule has 1 aliphatic rings. The number of nitrogens with two attached hydrogens (primary N) is 2. The summed E-state index contributed by atoms with van der Waals surface area (Å²) in [6, 6.07) is 3.98. The first-order chi connectivity index (χ1) is 8.82. The Balaban J connectivity index is 2.56. The molecule has 1 aliphatic heterocycles. The van der Waals surface area contributed by atoms with Gasteiger partial charge in [0.05, 0.1) is 10.6 Å². The third-order valence-corrected chi connectivity index (χ3v) is 5.40. The van der Waals surface area contributed by atoms with Crippen LogP contribution in [0.5, 0.6) is 0 Å². The predicted octanol–water partition coefficient (Wildman–Crippen LogP) is -0.494. The molecule has 0 atom stereocenters. The Bertz CT molecular complexity index is 705. The Labute approximate surface area is 113 Å². The van der Waals surface area contributed by atoms with Crippen LogP contribution in [0.25, 0.3) is 0 Å². The molecular formula is C10H9N3O4S2. The SMILES string of the molecule is NC(N)=NC(=O)c1ccc2c(c1)S(=O)(=O)C(=O)CS2. The second-order valence-electron chi connectivity index (χ2n) is 3.67. The van der Waals surface area contributed by atoms with Gasteiger partial charge >= 0.3 is 0 Å². The zero-order valence-electron chi connectivity index (χ0n) is 9.49. The Morgan fingerprint density at radius 1 is 1.32 bits per heavy atom. The maximum atomic E-state index is 11.8. The van der Waals surface area contributed by atoms with Crippen molar-refractivity contribution in [2.45, 2.75) is 9.79 Å². The van der Waals surface area contributed by atoms with E-state index in [9.17, 15) is 18.0 Å². The van der Waals surface area contributed by atoms with Gasteiger partial charge in [-0.3, -0.25) is 9.59 Å². The van der Waals surface area contributed by atoms with Crippen LogP contribution in [0.2, 0.25) is 0 Å². The number of benzene rings is 1. The molecular weight excluding hydrogens is 290 g/mol. The molecule has 9 heteroatoms. The van der Waals surface area contributed by atoms with Gasteiger partial charge in [0.2, 0.25) is 9.84 Å². The van der Waals surface area contributed by atoms with Crippen molar-refractivity contribution in [1.82, 2.24) is 0 Å². The average Bonchev–Trinajstić information content (AvgIpc) is 2.33. The molecule has 0 aliphatic carbocycles.